The molecular formula is C20H18ClFN2O. The van der Waals surface area contributed by atoms with Gasteiger partial charge in [-0.1, -0.05) is 35.9 Å². The number of carbonyl (C=O) groups excluding carboxylic acids is 1. The molecule has 0 unspecified atom stereocenters. The van der Waals surface area contributed by atoms with Gasteiger partial charge in [0.05, 0.1) is 12.5 Å². The van der Waals surface area contributed by atoms with Gasteiger partial charge in [0.1, 0.15) is 5.82 Å². The summed E-state index contributed by atoms with van der Waals surface area (Å²) in [6, 6.07) is 17.2. The van der Waals surface area contributed by atoms with Crippen molar-refractivity contribution in [3.63, 3.8) is 0 Å². The third-order valence-electron chi connectivity index (χ3n) is 4.00. The van der Waals surface area contributed by atoms with Gasteiger partial charge < -0.3 is 9.88 Å². The highest BCUT2D eigenvalue weighted by Crippen LogP contribution is 2.23. The van der Waals surface area contributed by atoms with Crippen molar-refractivity contribution in [3.05, 3.63) is 95.0 Å². The van der Waals surface area contributed by atoms with Gasteiger partial charge in [-0.15, -0.1) is 0 Å². The van der Waals surface area contributed by atoms with Gasteiger partial charge in [-0.3, -0.25) is 4.79 Å². The molecule has 0 aliphatic carbocycles. The number of hydrogen-bond acceptors (Lipinski definition) is 1. The van der Waals surface area contributed by atoms with Gasteiger partial charge in [0.25, 0.3) is 0 Å². The zero-order valence-electron chi connectivity index (χ0n) is 13.5. The molecule has 25 heavy (non-hydrogen) atoms. The molecule has 1 aromatic heterocycles. The molecule has 0 fully saturated rings. The van der Waals surface area contributed by atoms with Gasteiger partial charge >= 0.3 is 0 Å². The standard InChI is InChI=1S/C20H18ClFN2O/c21-17-8-6-15(7-9-17)14-23-20(25)13-19(24-10-1-2-11-24)16-4-3-5-18(22)12-16/h1-12,19H,13-14H2,(H,23,25)/t19-/m0/s1. The first-order chi connectivity index (χ1) is 12.1. The molecule has 0 saturated heterocycles. The fourth-order valence-corrected chi connectivity index (χ4v) is 2.84. The van der Waals surface area contributed by atoms with Gasteiger partial charge in [-0.2, -0.15) is 0 Å². The molecule has 0 radical (unpaired) electrons. The summed E-state index contributed by atoms with van der Waals surface area (Å²) < 4.78 is 15.5. The SMILES string of the molecule is O=C(C[C@@H](c1cccc(F)c1)n1cccc1)NCc1ccc(Cl)cc1. The fraction of sp³-hybridized carbons (Fsp3) is 0.150. The van der Waals surface area contributed by atoms with E-state index in [9.17, 15) is 9.18 Å². The minimum absolute atomic E-state index is 0.0992. The Morgan fingerprint density at radius 1 is 1.08 bits per heavy atom. The molecule has 128 valence electrons. The maximum absolute atomic E-state index is 13.6. The normalized spacial score (nSPS) is 11.9. The van der Waals surface area contributed by atoms with Crippen molar-refractivity contribution < 1.29 is 9.18 Å². The van der Waals surface area contributed by atoms with Crippen LogP contribution in [0.2, 0.25) is 5.02 Å². The summed E-state index contributed by atoms with van der Waals surface area (Å²) in [6.45, 7) is 0.428. The van der Waals surface area contributed by atoms with E-state index in [-0.39, 0.29) is 24.2 Å². The number of nitrogens with zero attached hydrogens (tertiary/aromatic N) is 1. The van der Waals surface area contributed by atoms with Crippen LogP contribution in [0.3, 0.4) is 0 Å². The Labute approximate surface area is 151 Å². The van der Waals surface area contributed by atoms with Crippen molar-refractivity contribution in [3.8, 4) is 0 Å². The topological polar surface area (TPSA) is 34.0 Å². The molecule has 1 atom stereocenters. The molecule has 3 rings (SSSR count). The van der Waals surface area contributed by atoms with E-state index in [1.807, 2.05) is 47.3 Å². The van der Waals surface area contributed by atoms with Crippen LogP contribution in [0.5, 0.6) is 0 Å². The molecule has 3 aromatic rings. The van der Waals surface area contributed by atoms with E-state index in [0.717, 1.165) is 11.1 Å². The Bertz CT molecular complexity index is 831. The van der Waals surface area contributed by atoms with Crippen molar-refractivity contribution in [1.82, 2.24) is 9.88 Å². The van der Waals surface area contributed by atoms with Crippen molar-refractivity contribution in [2.75, 3.05) is 0 Å². The van der Waals surface area contributed by atoms with Gasteiger partial charge in [-0.05, 0) is 47.5 Å². The zero-order chi connectivity index (χ0) is 17.6. The van der Waals surface area contributed by atoms with Gasteiger partial charge in [-0.25, -0.2) is 4.39 Å². The van der Waals surface area contributed by atoms with Crippen molar-refractivity contribution in [2.45, 2.75) is 19.0 Å². The molecule has 0 aliphatic heterocycles. The van der Waals surface area contributed by atoms with Crippen LogP contribution in [0.15, 0.2) is 73.1 Å². The molecule has 0 bridgehead atoms. The van der Waals surface area contributed by atoms with E-state index >= 15 is 0 Å². The number of nitrogens with one attached hydrogen (secondary N) is 1. The molecular weight excluding hydrogens is 339 g/mol. The molecule has 5 heteroatoms. The van der Waals surface area contributed by atoms with Crippen molar-refractivity contribution in [1.29, 1.82) is 0 Å². The van der Waals surface area contributed by atoms with Crippen molar-refractivity contribution in [2.24, 2.45) is 0 Å². The maximum Gasteiger partial charge on any atom is 0.222 e. The van der Waals surface area contributed by atoms with Crippen LogP contribution >= 0.6 is 11.6 Å². The van der Waals surface area contributed by atoms with E-state index in [2.05, 4.69) is 5.32 Å². The summed E-state index contributed by atoms with van der Waals surface area (Å²) in [6.07, 6.45) is 3.98. The lowest BCUT2D eigenvalue weighted by molar-refractivity contribution is -0.121. The first kappa shape index (κ1) is 17.2. The molecule has 1 heterocycles. The summed E-state index contributed by atoms with van der Waals surface area (Å²) in [7, 11) is 0. The van der Waals surface area contributed by atoms with E-state index in [1.165, 1.54) is 12.1 Å². The minimum Gasteiger partial charge on any atom is -0.352 e. The second-order valence-corrected chi connectivity index (χ2v) is 6.24. The number of carbonyl (C=O) groups is 1. The zero-order valence-corrected chi connectivity index (χ0v) is 14.3. The summed E-state index contributed by atoms with van der Waals surface area (Å²) in [5.41, 5.74) is 1.74. The van der Waals surface area contributed by atoms with Crippen LogP contribution in [0.4, 0.5) is 4.39 Å². The molecule has 3 nitrogen and oxygen atoms in total. The predicted octanol–water partition coefficient (Wildman–Crippen LogP) is 4.58. The van der Waals surface area contributed by atoms with Crippen LogP contribution in [0, 0.1) is 5.82 Å². The average molecular weight is 357 g/mol. The average Bonchev–Trinajstić information content (AvgIpc) is 3.13. The largest absolute Gasteiger partial charge is 0.352 e. The molecule has 0 spiro atoms. The van der Waals surface area contributed by atoms with Crippen LogP contribution < -0.4 is 5.32 Å². The molecule has 1 N–H and O–H groups in total. The number of halogens is 2. The van der Waals surface area contributed by atoms with E-state index in [1.54, 1.807) is 18.2 Å². The summed E-state index contributed by atoms with van der Waals surface area (Å²) >= 11 is 5.86. The van der Waals surface area contributed by atoms with Crippen LogP contribution in [-0.4, -0.2) is 10.5 Å². The third kappa shape index (κ3) is 4.70. The second-order valence-electron chi connectivity index (χ2n) is 5.81. The smallest absolute Gasteiger partial charge is 0.222 e. The van der Waals surface area contributed by atoms with E-state index < -0.39 is 0 Å². The molecule has 0 saturated carbocycles. The Morgan fingerprint density at radius 2 is 1.80 bits per heavy atom. The highest BCUT2D eigenvalue weighted by molar-refractivity contribution is 6.30. The highest BCUT2D eigenvalue weighted by atomic mass is 35.5. The first-order valence-electron chi connectivity index (χ1n) is 8.01. The number of rotatable bonds is 6. The highest BCUT2D eigenvalue weighted by Gasteiger charge is 2.17. The Kier molecular flexibility index (Phi) is 5.51. The predicted molar refractivity (Wildman–Crippen MR) is 96.9 cm³/mol. The lowest BCUT2D eigenvalue weighted by Crippen LogP contribution is -2.26. The fourth-order valence-electron chi connectivity index (χ4n) is 2.72. The Balaban J connectivity index is 1.69. The molecule has 1 amide bonds. The monoisotopic (exact) mass is 356 g/mol. The van der Waals surface area contributed by atoms with Crippen LogP contribution in [0.25, 0.3) is 0 Å². The van der Waals surface area contributed by atoms with Crippen LogP contribution in [0.1, 0.15) is 23.6 Å². The summed E-state index contributed by atoms with van der Waals surface area (Å²) in [4.78, 5) is 12.4. The first-order valence-corrected chi connectivity index (χ1v) is 8.38. The summed E-state index contributed by atoms with van der Waals surface area (Å²) in [5, 5.41) is 3.57. The Hall–Kier alpha value is -2.59. The molecule has 2 aromatic carbocycles. The lowest BCUT2D eigenvalue weighted by Gasteiger charge is -2.19. The number of amides is 1. The minimum atomic E-state index is -0.309. The van der Waals surface area contributed by atoms with Crippen molar-refractivity contribution >= 4 is 17.5 Å². The summed E-state index contributed by atoms with van der Waals surface area (Å²) in [5.74, 6) is -0.408. The van der Waals surface area contributed by atoms with Gasteiger partial charge in [0.15, 0.2) is 0 Å². The third-order valence-corrected chi connectivity index (χ3v) is 4.25. The quantitative estimate of drug-likeness (QED) is 0.689. The number of benzene rings is 2. The van der Waals surface area contributed by atoms with Crippen LogP contribution in [-0.2, 0) is 11.3 Å². The second kappa shape index (κ2) is 7.99. The lowest BCUT2D eigenvalue weighted by atomic mass is 10.0. The van der Waals surface area contributed by atoms with Gasteiger partial charge in [0.2, 0.25) is 5.91 Å². The number of aromatic nitrogens is 1. The molecule has 0 aliphatic rings. The maximum atomic E-state index is 13.6. The van der Waals surface area contributed by atoms with E-state index in [0.29, 0.717) is 11.6 Å². The Morgan fingerprint density at radius 3 is 2.48 bits per heavy atom. The number of hydrogen-bond donors (Lipinski definition) is 1. The van der Waals surface area contributed by atoms with Gasteiger partial charge in [0, 0.05) is 24.0 Å². The van der Waals surface area contributed by atoms with E-state index in [4.69, 9.17) is 11.6 Å².